The van der Waals surface area contributed by atoms with E-state index in [1.165, 1.54) is 32.1 Å². The van der Waals surface area contributed by atoms with Gasteiger partial charge in [-0.3, -0.25) is 0 Å². The van der Waals surface area contributed by atoms with Crippen molar-refractivity contribution in [2.75, 3.05) is 13.1 Å². The lowest BCUT2D eigenvalue weighted by molar-refractivity contribution is 0.328. The van der Waals surface area contributed by atoms with Crippen LogP contribution in [0.4, 0.5) is 0 Å². The molecule has 0 fully saturated rings. The summed E-state index contributed by atoms with van der Waals surface area (Å²) >= 11 is 0. The van der Waals surface area contributed by atoms with Crippen molar-refractivity contribution < 1.29 is 0 Å². The van der Waals surface area contributed by atoms with Crippen molar-refractivity contribution in [2.45, 2.75) is 51.4 Å². The number of hydrogen-bond acceptors (Lipinski definition) is 1. The van der Waals surface area contributed by atoms with E-state index in [2.05, 4.69) is 43.4 Å². The largest absolute Gasteiger partial charge is 0.316 e. The quantitative estimate of drug-likeness (QED) is 0.762. The van der Waals surface area contributed by atoms with Crippen LogP contribution in [0.3, 0.4) is 0 Å². The lowest BCUT2D eigenvalue weighted by Gasteiger charge is -2.39. The number of hydrogen-bond donors (Lipinski definition) is 1. The van der Waals surface area contributed by atoms with Gasteiger partial charge in [0.05, 0.1) is 0 Å². The summed E-state index contributed by atoms with van der Waals surface area (Å²) in [6, 6.07) is 9.06. The maximum Gasteiger partial charge on any atom is 0.00780 e. The number of aryl methyl sites for hydroxylation is 1. The fraction of sp³-hybridized carbons (Fsp3) is 0.625. The van der Waals surface area contributed by atoms with Crippen LogP contribution in [0.2, 0.25) is 0 Å². The van der Waals surface area contributed by atoms with Crippen molar-refractivity contribution in [1.29, 1.82) is 0 Å². The third-order valence-corrected chi connectivity index (χ3v) is 4.26. The highest BCUT2D eigenvalue weighted by molar-refractivity contribution is 5.37. The van der Waals surface area contributed by atoms with E-state index in [1.807, 2.05) is 0 Å². The Morgan fingerprint density at radius 3 is 2.82 bits per heavy atom. The highest BCUT2D eigenvalue weighted by Crippen LogP contribution is 2.39. The third kappa shape index (κ3) is 2.55. The summed E-state index contributed by atoms with van der Waals surface area (Å²) in [5.41, 5.74) is 3.58. The fourth-order valence-electron chi connectivity index (χ4n) is 3.19. The lowest BCUT2D eigenvalue weighted by atomic mass is 9.68. The first-order chi connectivity index (χ1) is 8.32. The molecule has 0 aromatic heterocycles. The maximum atomic E-state index is 3.64. The van der Waals surface area contributed by atoms with Crippen molar-refractivity contribution in [1.82, 2.24) is 5.32 Å². The van der Waals surface area contributed by atoms with Gasteiger partial charge in [0.25, 0.3) is 0 Å². The van der Waals surface area contributed by atoms with Crippen LogP contribution in [0.1, 0.15) is 50.7 Å². The molecule has 1 atom stereocenters. The summed E-state index contributed by atoms with van der Waals surface area (Å²) in [6.07, 6.45) is 6.43. The summed E-state index contributed by atoms with van der Waals surface area (Å²) in [7, 11) is 0. The van der Waals surface area contributed by atoms with Crippen LogP contribution in [0.15, 0.2) is 24.3 Å². The molecule has 1 aromatic carbocycles. The zero-order valence-electron chi connectivity index (χ0n) is 11.3. The Morgan fingerprint density at radius 2 is 2.06 bits per heavy atom. The van der Waals surface area contributed by atoms with Crippen LogP contribution in [0.5, 0.6) is 0 Å². The van der Waals surface area contributed by atoms with Gasteiger partial charge >= 0.3 is 0 Å². The number of nitrogens with one attached hydrogen (secondary N) is 1. The van der Waals surface area contributed by atoms with Crippen LogP contribution in [0, 0.1) is 0 Å². The van der Waals surface area contributed by atoms with E-state index >= 15 is 0 Å². The van der Waals surface area contributed by atoms with Crippen molar-refractivity contribution in [3.8, 4) is 0 Å². The Bertz CT molecular complexity index is 358. The van der Waals surface area contributed by atoms with Crippen LogP contribution < -0.4 is 5.32 Å². The number of fused-ring (bicyclic) bond motifs is 1. The van der Waals surface area contributed by atoms with Crippen molar-refractivity contribution in [2.24, 2.45) is 0 Å². The molecule has 0 saturated heterocycles. The predicted octanol–water partition coefficient (Wildman–Crippen LogP) is 3.67. The first kappa shape index (κ1) is 12.6. The number of rotatable bonds is 5. The summed E-state index contributed by atoms with van der Waals surface area (Å²) in [6.45, 7) is 6.87. The summed E-state index contributed by atoms with van der Waals surface area (Å²) in [4.78, 5) is 0. The van der Waals surface area contributed by atoms with Gasteiger partial charge in [0.1, 0.15) is 0 Å². The Balaban J connectivity index is 2.22. The zero-order valence-corrected chi connectivity index (χ0v) is 11.3. The fourth-order valence-corrected chi connectivity index (χ4v) is 3.19. The van der Waals surface area contributed by atoms with Gasteiger partial charge in [0, 0.05) is 12.0 Å². The smallest absolute Gasteiger partial charge is 0.00780 e. The molecule has 0 saturated carbocycles. The topological polar surface area (TPSA) is 12.0 Å². The van der Waals surface area contributed by atoms with Crippen LogP contribution in [-0.4, -0.2) is 13.1 Å². The molecule has 1 N–H and O–H groups in total. The molecule has 1 heteroatoms. The molecule has 1 aliphatic rings. The second-order valence-corrected chi connectivity index (χ2v) is 5.32. The van der Waals surface area contributed by atoms with Gasteiger partial charge in [-0.15, -0.1) is 0 Å². The minimum Gasteiger partial charge on any atom is -0.316 e. The minimum absolute atomic E-state index is 0.393. The molecule has 2 rings (SSSR count). The van der Waals surface area contributed by atoms with E-state index in [9.17, 15) is 0 Å². The van der Waals surface area contributed by atoms with E-state index in [4.69, 9.17) is 0 Å². The molecule has 1 unspecified atom stereocenters. The predicted molar refractivity (Wildman–Crippen MR) is 74.5 cm³/mol. The van der Waals surface area contributed by atoms with Crippen LogP contribution >= 0.6 is 0 Å². The van der Waals surface area contributed by atoms with Crippen molar-refractivity contribution >= 4 is 0 Å². The Labute approximate surface area is 106 Å². The van der Waals surface area contributed by atoms with Crippen molar-refractivity contribution in [3.63, 3.8) is 0 Å². The molecule has 0 amide bonds. The van der Waals surface area contributed by atoms with E-state index in [1.54, 1.807) is 11.1 Å². The Morgan fingerprint density at radius 1 is 1.24 bits per heavy atom. The summed E-state index contributed by atoms with van der Waals surface area (Å²) in [5.74, 6) is 0. The Hall–Kier alpha value is -0.820. The molecule has 0 spiro atoms. The minimum atomic E-state index is 0.393. The van der Waals surface area contributed by atoms with Gasteiger partial charge < -0.3 is 5.32 Å². The first-order valence-electron chi connectivity index (χ1n) is 7.11. The summed E-state index contributed by atoms with van der Waals surface area (Å²) in [5, 5.41) is 3.64. The van der Waals surface area contributed by atoms with Crippen LogP contribution in [-0.2, 0) is 11.8 Å². The molecule has 1 aromatic rings. The maximum absolute atomic E-state index is 3.64. The molecule has 0 heterocycles. The van der Waals surface area contributed by atoms with Gasteiger partial charge in [-0.1, -0.05) is 38.1 Å². The summed E-state index contributed by atoms with van der Waals surface area (Å²) < 4.78 is 0. The second kappa shape index (κ2) is 5.68. The molecular formula is C16H25N. The van der Waals surface area contributed by atoms with Gasteiger partial charge in [-0.05, 0) is 49.8 Å². The van der Waals surface area contributed by atoms with Gasteiger partial charge in [0.15, 0.2) is 0 Å². The molecule has 1 aliphatic carbocycles. The van der Waals surface area contributed by atoms with Crippen molar-refractivity contribution in [3.05, 3.63) is 35.4 Å². The highest BCUT2D eigenvalue weighted by Gasteiger charge is 2.34. The first-order valence-corrected chi connectivity index (χ1v) is 7.11. The van der Waals surface area contributed by atoms with Gasteiger partial charge in [-0.2, -0.15) is 0 Å². The van der Waals surface area contributed by atoms with Crippen LogP contribution in [0.25, 0.3) is 0 Å². The second-order valence-electron chi connectivity index (χ2n) is 5.32. The van der Waals surface area contributed by atoms with E-state index in [-0.39, 0.29) is 0 Å². The highest BCUT2D eigenvalue weighted by atomic mass is 14.9. The molecule has 17 heavy (non-hydrogen) atoms. The Kier molecular flexibility index (Phi) is 4.22. The average Bonchev–Trinajstić information content (AvgIpc) is 2.39. The van der Waals surface area contributed by atoms with E-state index in [0.29, 0.717) is 5.41 Å². The molecule has 0 radical (unpaired) electrons. The van der Waals surface area contributed by atoms with Gasteiger partial charge in [0.2, 0.25) is 0 Å². The molecule has 94 valence electrons. The molecule has 1 nitrogen and oxygen atoms in total. The monoisotopic (exact) mass is 231 g/mol. The zero-order chi connectivity index (χ0) is 12.1. The van der Waals surface area contributed by atoms with Gasteiger partial charge in [-0.25, -0.2) is 0 Å². The SMILES string of the molecule is CCCNCC1(CC)CCCc2ccccc21. The number of benzene rings is 1. The lowest BCUT2D eigenvalue weighted by Crippen LogP contribution is -2.40. The molecule has 0 bridgehead atoms. The molecular weight excluding hydrogens is 206 g/mol. The average molecular weight is 231 g/mol. The third-order valence-electron chi connectivity index (χ3n) is 4.26. The normalized spacial score (nSPS) is 23.4. The standard InChI is InChI=1S/C16H25N/c1-3-12-17-13-16(4-2)11-7-9-14-8-5-6-10-15(14)16/h5-6,8,10,17H,3-4,7,9,11-13H2,1-2H3. The molecule has 0 aliphatic heterocycles. The van der Waals surface area contributed by atoms with E-state index < -0.39 is 0 Å². The van der Waals surface area contributed by atoms with E-state index in [0.717, 1.165) is 13.1 Å².